The number of nitrogens with one attached hydrogen (secondary N) is 1. The summed E-state index contributed by atoms with van der Waals surface area (Å²) < 4.78 is 19.3. The van der Waals surface area contributed by atoms with Crippen LogP contribution in [0.5, 0.6) is 0 Å². The van der Waals surface area contributed by atoms with Crippen molar-refractivity contribution in [1.29, 1.82) is 0 Å². The van der Waals surface area contributed by atoms with Gasteiger partial charge in [-0.1, -0.05) is 65.8 Å². The zero-order valence-corrected chi connectivity index (χ0v) is 18.8. The minimum atomic E-state index is -1.41. The lowest BCUT2D eigenvalue weighted by Gasteiger charge is -2.33. The molecule has 4 rings (SSSR count). The van der Waals surface area contributed by atoms with Crippen LogP contribution in [0.4, 0.5) is 0 Å². The van der Waals surface area contributed by atoms with Crippen LogP contribution in [0.2, 0.25) is 0 Å². The highest BCUT2D eigenvalue weighted by Gasteiger charge is 2.56. The molecule has 3 aromatic rings. The number of benzene rings is 2. The number of ether oxygens (including phenoxy) is 3. The Bertz CT molecular complexity index is 1270. The Balaban J connectivity index is 1.65. The second-order valence-corrected chi connectivity index (χ2v) is 8.17. The van der Waals surface area contributed by atoms with Crippen molar-refractivity contribution in [3.63, 3.8) is 0 Å². The predicted molar refractivity (Wildman–Crippen MR) is 125 cm³/mol. The molecular formula is C24H25N5O6. The second kappa shape index (κ2) is 11.1. The minimum absolute atomic E-state index is 0.0912. The summed E-state index contributed by atoms with van der Waals surface area (Å²) in [7, 11) is 0. The lowest BCUT2D eigenvalue weighted by atomic mass is 9.95. The third-order valence-corrected chi connectivity index (χ3v) is 5.73. The molecule has 0 aliphatic carbocycles. The first kappa shape index (κ1) is 24.4. The summed E-state index contributed by atoms with van der Waals surface area (Å²) in [5.74, 6) is 0. The number of aromatic nitrogens is 2. The number of hydrogen-bond acceptors (Lipinski definition) is 7. The van der Waals surface area contributed by atoms with Crippen molar-refractivity contribution in [1.82, 2.24) is 9.55 Å². The van der Waals surface area contributed by atoms with Gasteiger partial charge in [0.2, 0.25) is 0 Å². The molecule has 11 nitrogen and oxygen atoms in total. The Morgan fingerprint density at radius 2 is 1.71 bits per heavy atom. The molecular weight excluding hydrogens is 454 g/mol. The van der Waals surface area contributed by atoms with E-state index in [0.717, 1.165) is 21.8 Å². The highest BCUT2D eigenvalue weighted by atomic mass is 16.6. The molecule has 1 aromatic heterocycles. The van der Waals surface area contributed by atoms with Gasteiger partial charge in [0, 0.05) is 17.2 Å². The summed E-state index contributed by atoms with van der Waals surface area (Å²) in [4.78, 5) is 29.0. The molecule has 2 aromatic carbocycles. The molecule has 2 N–H and O–H groups in total. The molecule has 0 spiro atoms. The highest BCUT2D eigenvalue weighted by Crippen LogP contribution is 2.40. The standard InChI is InChI=1S/C24H25N5O6/c25-28-26-15-24(16-33-13-17-7-3-1-4-8-17)21(34-14-18-9-5-2-6-10-18)20(31)22(35-24)29-12-11-19(30)27-23(29)32/h1-12,20-22,31H,13-16H2,(H,27,30,32)/t20?,21?,22-,24-/m1/s1. The van der Waals surface area contributed by atoms with Crippen LogP contribution >= 0.6 is 0 Å². The molecule has 4 atom stereocenters. The van der Waals surface area contributed by atoms with Crippen molar-refractivity contribution < 1.29 is 19.3 Å². The lowest BCUT2D eigenvalue weighted by Crippen LogP contribution is -2.51. The molecule has 2 heterocycles. The van der Waals surface area contributed by atoms with Crippen molar-refractivity contribution in [2.75, 3.05) is 13.2 Å². The quantitative estimate of drug-likeness (QED) is 0.259. The van der Waals surface area contributed by atoms with Crippen molar-refractivity contribution in [2.45, 2.75) is 37.3 Å². The van der Waals surface area contributed by atoms with Gasteiger partial charge in [-0.2, -0.15) is 0 Å². The van der Waals surface area contributed by atoms with Crippen LogP contribution in [0.1, 0.15) is 17.4 Å². The van der Waals surface area contributed by atoms with E-state index in [0.29, 0.717) is 0 Å². The summed E-state index contributed by atoms with van der Waals surface area (Å²) in [5, 5.41) is 14.9. The number of azide groups is 1. The Labute approximate surface area is 200 Å². The van der Waals surface area contributed by atoms with E-state index in [2.05, 4.69) is 15.0 Å². The fourth-order valence-electron chi connectivity index (χ4n) is 4.05. The van der Waals surface area contributed by atoms with Crippen molar-refractivity contribution in [3.8, 4) is 0 Å². The molecule has 1 saturated heterocycles. The third kappa shape index (κ3) is 5.68. The van der Waals surface area contributed by atoms with Crippen molar-refractivity contribution >= 4 is 0 Å². The number of H-pyrrole nitrogens is 1. The van der Waals surface area contributed by atoms with Gasteiger partial charge < -0.3 is 19.3 Å². The van der Waals surface area contributed by atoms with Crippen LogP contribution < -0.4 is 11.2 Å². The third-order valence-electron chi connectivity index (χ3n) is 5.73. The summed E-state index contributed by atoms with van der Waals surface area (Å²) in [6.45, 7) is 0.0678. The zero-order chi connectivity index (χ0) is 24.7. The van der Waals surface area contributed by atoms with Crippen LogP contribution in [0.25, 0.3) is 10.4 Å². The van der Waals surface area contributed by atoms with Gasteiger partial charge in [0.1, 0.15) is 17.8 Å². The maximum atomic E-state index is 12.4. The minimum Gasteiger partial charge on any atom is -0.386 e. The Kier molecular flexibility index (Phi) is 7.76. The SMILES string of the molecule is [N-]=[N+]=NC[C@]1(COCc2ccccc2)O[C@@H](n2ccc(=O)[nH]c2=O)C(O)C1OCc1ccccc1. The molecule has 0 amide bonds. The average Bonchev–Trinajstić information content (AvgIpc) is 3.14. The van der Waals surface area contributed by atoms with E-state index in [1.807, 2.05) is 60.7 Å². The van der Waals surface area contributed by atoms with E-state index in [1.54, 1.807) is 0 Å². The fraction of sp³-hybridized carbons (Fsp3) is 0.333. The van der Waals surface area contributed by atoms with Crippen LogP contribution in [-0.2, 0) is 27.4 Å². The molecule has 182 valence electrons. The average molecular weight is 479 g/mol. The summed E-state index contributed by atoms with van der Waals surface area (Å²) in [5.41, 5.74) is 8.05. The number of aliphatic hydroxyl groups excluding tert-OH is 1. The largest absolute Gasteiger partial charge is 0.386 e. The number of aliphatic hydroxyl groups is 1. The van der Waals surface area contributed by atoms with E-state index in [4.69, 9.17) is 19.7 Å². The van der Waals surface area contributed by atoms with Gasteiger partial charge in [-0.3, -0.25) is 14.3 Å². The molecule has 1 aliphatic rings. The lowest BCUT2D eigenvalue weighted by molar-refractivity contribution is -0.151. The highest BCUT2D eigenvalue weighted by molar-refractivity contribution is 5.15. The van der Waals surface area contributed by atoms with E-state index in [9.17, 15) is 14.7 Å². The van der Waals surface area contributed by atoms with Gasteiger partial charge in [0.25, 0.3) is 5.56 Å². The zero-order valence-electron chi connectivity index (χ0n) is 18.8. The predicted octanol–water partition coefficient (Wildman–Crippen LogP) is 2.28. The molecule has 11 heteroatoms. The van der Waals surface area contributed by atoms with Crippen LogP contribution in [0.15, 0.2) is 87.6 Å². The number of hydrogen-bond donors (Lipinski definition) is 2. The molecule has 35 heavy (non-hydrogen) atoms. The smallest absolute Gasteiger partial charge is 0.330 e. The van der Waals surface area contributed by atoms with Gasteiger partial charge in [-0.25, -0.2) is 4.79 Å². The molecule has 1 aliphatic heterocycles. The number of rotatable bonds is 10. The van der Waals surface area contributed by atoms with E-state index >= 15 is 0 Å². The topological polar surface area (TPSA) is 152 Å². The summed E-state index contributed by atoms with van der Waals surface area (Å²) in [6.07, 6.45) is -2.34. The fourth-order valence-corrected chi connectivity index (χ4v) is 4.05. The van der Waals surface area contributed by atoms with Crippen LogP contribution in [0, 0.1) is 0 Å². The van der Waals surface area contributed by atoms with Gasteiger partial charge >= 0.3 is 5.69 Å². The van der Waals surface area contributed by atoms with E-state index in [1.165, 1.54) is 6.20 Å². The first-order valence-electron chi connectivity index (χ1n) is 11.0. The second-order valence-electron chi connectivity index (χ2n) is 8.17. The van der Waals surface area contributed by atoms with Gasteiger partial charge in [-0.05, 0) is 16.7 Å². The molecule has 2 unspecified atom stereocenters. The van der Waals surface area contributed by atoms with Gasteiger partial charge in [0.05, 0.1) is 26.4 Å². The summed E-state index contributed by atoms with van der Waals surface area (Å²) in [6, 6.07) is 19.9. The van der Waals surface area contributed by atoms with Crippen molar-refractivity contribution in [2.24, 2.45) is 5.11 Å². The van der Waals surface area contributed by atoms with Crippen molar-refractivity contribution in [3.05, 3.63) is 115 Å². The van der Waals surface area contributed by atoms with E-state index in [-0.39, 0.29) is 26.4 Å². The van der Waals surface area contributed by atoms with Gasteiger partial charge in [0.15, 0.2) is 6.23 Å². The molecule has 1 fully saturated rings. The summed E-state index contributed by atoms with van der Waals surface area (Å²) >= 11 is 0. The maximum Gasteiger partial charge on any atom is 0.330 e. The Morgan fingerprint density at radius 1 is 1.06 bits per heavy atom. The Morgan fingerprint density at radius 3 is 2.34 bits per heavy atom. The normalized spacial score (nSPS) is 23.6. The van der Waals surface area contributed by atoms with E-state index < -0.39 is 35.3 Å². The first-order chi connectivity index (χ1) is 17.0. The molecule has 0 bridgehead atoms. The molecule has 0 saturated carbocycles. The number of aromatic amines is 1. The Hall–Kier alpha value is -3.73. The van der Waals surface area contributed by atoms with Crippen LogP contribution in [-0.4, -0.2) is 45.6 Å². The van der Waals surface area contributed by atoms with Gasteiger partial charge in [-0.15, -0.1) is 0 Å². The number of nitrogens with zero attached hydrogens (tertiary/aromatic N) is 4. The monoisotopic (exact) mass is 479 g/mol. The molecule has 0 radical (unpaired) electrons. The maximum absolute atomic E-state index is 12.4. The first-order valence-corrected chi connectivity index (χ1v) is 11.0. The van der Waals surface area contributed by atoms with Crippen LogP contribution in [0.3, 0.4) is 0 Å².